The van der Waals surface area contributed by atoms with Crippen LogP contribution in [0.2, 0.25) is 10.0 Å². The Bertz CT molecular complexity index is 1310. The van der Waals surface area contributed by atoms with Crippen LogP contribution in [0.4, 0.5) is 24.5 Å². The maximum absolute atomic E-state index is 13.2. The molecular formula is C22H17Cl2F3N2O4S. The number of carbonyl (C=O) groups excluding carboxylic acids is 1. The van der Waals surface area contributed by atoms with E-state index in [-0.39, 0.29) is 15.7 Å². The van der Waals surface area contributed by atoms with Gasteiger partial charge in [0.2, 0.25) is 0 Å². The molecule has 0 atom stereocenters. The Morgan fingerprint density at radius 1 is 0.971 bits per heavy atom. The summed E-state index contributed by atoms with van der Waals surface area (Å²) in [5, 5.41) is 2.47. The van der Waals surface area contributed by atoms with Gasteiger partial charge in [0.25, 0.3) is 15.9 Å². The number of rotatable bonds is 7. The Morgan fingerprint density at radius 3 is 2.24 bits per heavy atom. The van der Waals surface area contributed by atoms with Crippen LogP contribution in [0.25, 0.3) is 0 Å². The van der Waals surface area contributed by atoms with Crippen LogP contribution in [0.5, 0.6) is 5.75 Å². The second-order valence-electron chi connectivity index (χ2n) is 7.06. The van der Waals surface area contributed by atoms with Crippen molar-refractivity contribution < 1.29 is 31.1 Å². The number of ether oxygens (including phenoxy) is 1. The predicted molar refractivity (Wildman–Crippen MR) is 124 cm³/mol. The number of carbonyl (C=O) groups is 1. The van der Waals surface area contributed by atoms with Crippen molar-refractivity contribution in [3.8, 4) is 5.75 Å². The number of nitrogens with one attached hydrogen (secondary N) is 2. The fourth-order valence-electron chi connectivity index (χ4n) is 2.87. The van der Waals surface area contributed by atoms with Gasteiger partial charge in [-0.05, 0) is 73.2 Å². The number of halogens is 5. The highest BCUT2D eigenvalue weighted by Gasteiger charge is 2.34. The van der Waals surface area contributed by atoms with Crippen LogP contribution in [0.15, 0.2) is 65.6 Å². The van der Waals surface area contributed by atoms with Gasteiger partial charge in [-0.15, -0.1) is 0 Å². The summed E-state index contributed by atoms with van der Waals surface area (Å²) < 4.78 is 72.5. The molecule has 0 saturated heterocycles. The number of hydrogen-bond acceptors (Lipinski definition) is 4. The summed E-state index contributed by atoms with van der Waals surface area (Å²) in [7, 11) is -3.90. The second kappa shape index (κ2) is 10.1. The van der Waals surface area contributed by atoms with Crippen molar-refractivity contribution in [3.05, 3.63) is 81.8 Å². The van der Waals surface area contributed by atoms with Crippen molar-refractivity contribution in [1.29, 1.82) is 0 Å². The number of amides is 1. The largest absolute Gasteiger partial charge is 0.483 e. The number of anilines is 2. The maximum Gasteiger partial charge on any atom is 0.418 e. The van der Waals surface area contributed by atoms with Crippen molar-refractivity contribution >= 4 is 50.5 Å². The molecule has 0 aromatic heterocycles. The lowest BCUT2D eigenvalue weighted by atomic mass is 10.1. The molecule has 0 unspecified atom stereocenters. The molecule has 0 heterocycles. The van der Waals surface area contributed by atoms with Crippen LogP contribution < -0.4 is 14.8 Å². The average Bonchev–Trinajstić information content (AvgIpc) is 2.75. The summed E-state index contributed by atoms with van der Waals surface area (Å²) in [6, 6.07) is 13.0. The molecule has 0 aliphatic rings. The Morgan fingerprint density at radius 2 is 1.62 bits per heavy atom. The summed E-state index contributed by atoms with van der Waals surface area (Å²) in [6.45, 7) is 0.964. The molecule has 3 aromatic carbocycles. The molecule has 0 saturated carbocycles. The number of alkyl halides is 3. The molecule has 1 amide bonds. The van der Waals surface area contributed by atoms with Crippen molar-refractivity contribution in [1.82, 2.24) is 0 Å². The number of sulfonamides is 1. The van der Waals surface area contributed by atoms with Crippen LogP contribution in [-0.2, 0) is 21.0 Å². The normalized spacial score (nSPS) is 11.7. The lowest BCUT2D eigenvalue weighted by Crippen LogP contribution is -2.22. The van der Waals surface area contributed by atoms with Crippen molar-refractivity contribution in [3.63, 3.8) is 0 Å². The molecule has 3 rings (SSSR count). The van der Waals surface area contributed by atoms with Crippen molar-refractivity contribution in [2.45, 2.75) is 18.0 Å². The smallest absolute Gasteiger partial charge is 0.418 e. The van der Waals surface area contributed by atoms with E-state index < -0.39 is 40.0 Å². The van der Waals surface area contributed by atoms with Crippen molar-refractivity contribution in [2.24, 2.45) is 0 Å². The highest BCUT2D eigenvalue weighted by Crippen LogP contribution is 2.36. The van der Waals surface area contributed by atoms with Gasteiger partial charge in [-0.2, -0.15) is 13.2 Å². The molecule has 0 radical (unpaired) electrons. The van der Waals surface area contributed by atoms with Crippen LogP contribution in [-0.4, -0.2) is 20.9 Å². The van der Waals surface area contributed by atoms with E-state index in [0.717, 1.165) is 6.07 Å². The Hall–Kier alpha value is -2.95. The monoisotopic (exact) mass is 532 g/mol. The van der Waals surface area contributed by atoms with E-state index in [0.29, 0.717) is 22.3 Å². The van der Waals surface area contributed by atoms with Gasteiger partial charge in [0, 0.05) is 15.7 Å². The van der Waals surface area contributed by atoms with Gasteiger partial charge in [-0.3, -0.25) is 9.52 Å². The summed E-state index contributed by atoms with van der Waals surface area (Å²) in [5.41, 5.74) is -0.835. The van der Waals surface area contributed by atoms with E-state index >= 15 is 0 Å². The molecule has 0 bridgehead atoms. The van der Waals surface area contributed by atoms with Crippen LogP contribution >= 0.6 is 23.2 Å². The second-order valence-corrected chi connectivity index (χ2v) is 9.62. The van der Waals surface area contributed by atoms with Crippen LogP contribution in [0.3, 0.4) is 0 Å². The first-order valence-electron chi connectivity index (χ1n) is 9.53. The maximum atomic E-state index is 13.2. The molecule has 2 N–H and O–H groups in total. The fraction of sp³-hybridized carbons (Fsp3) is 0.136. The van der Waals surface area contributed by atoms with E-state index in [2.05, 4.69) is 10.0 Å². The quantitative estimate of drug-likeness (QED) is 0.382. The molecule has 0 spiro atoms. The van der Waals surface area contributed by atoms with Gasteiger partial charge < -0.3 is 10.1 Å². The first-order valence-corrected chi connectivity index (χ1v) is 11.8. The van der Waals surface area contributed by atoms with E-state index in [1.54, 1.807) is 6.92 Å². The molecule has 0 aliphatic heterocycles. The zero-order chi connectivity index (χ0) is 25.1. The summed E-state index contributed by atoms with van der Waals surface area (Å²) in [4.78, 5) is 12.1. The molecule has 3 aromatic rings. The third-order valence-corrected chi connectivity index (χ3v) is 6.34. The SMILES string of the molecule is Cc1cc(S(=O)(=O)Nc2ccc(Cl)cc2)ccc1OCC(=O)Nc1ccc(Cl)cc1C(F)(F)F. The summed E-state index contributed by atoms with van der Waals surface area (Å²) in [5.74, 6) is -0.652. The van der Waals surface area contributed by atoms with Gasteiger partial charge in [-0.1, -0.05) is 23.2 Å². The van der Waals surface area contributed by atoms with E-state index in [9.17, 15) is 26.4 Å². The van der Waals surface area contributed by atoms with E-state index in [1.165, 1.54) is 48.5 Å². The Kier molecular flexibility index (Phi) is 7.64. The molecule has 12 heteroatoms. The third kappa shape index (κ3) is 6.55. The zero-order valence-electron chi connectivity index (χ0n) is 17.4. The standard InChI is InChI=1S/C22H17Cl2F3N2O4S/c1-13-10-17(34(31,32)29-16-5-2-14(23)3-6-16)7-9-20(13)33-12-21(30)28-19-8-4-15(24)11-18(19)22(25,26)27/h2-11,29H,12H2,1H3,(H,28,30). The molecule has 6 nitrogen and oxygen atoms in total. The lowest BCUT2D eigenvalue weighted by Gasteiger charge is -2.15. The van der Waals surface area contributed by atoms with E-state index in [1.807, 2.05) is 0 Å². The average molecular weight is 533 g/mol. The minimum Gasteiger partial charge on any atom is -0.483 e. The first kappa shape index (κ1) is 25.7. The topological polar surface area (TPSA) is 84.5 Å². The highest BCUT2D eigenvalue weighted by molar-refractivity contribution is 7.92. The van der Waals surface area contributed by atoms with Crippen LogP contribution in [0, 0.1) is 6.92 Å². The molecule has 0 fully saturated rings. The summed E-state index contributed by atoms with van der Waals surface area (Å²) >= 11 is 11.4. The Balaban J connectivity index is 1.67. The first-order chi connectivity index (χ1) is 15.8. The minimum atomic E-state index is -4.72. The minimum absolute atomic E-state index is 0.0484. The predicted octanol–water partition coefficient (Wildman–Crippen LogP) is 6.14. The van der Waals surface area contributed by atoms with E-state index in [4.69, 9.17) is 27.9 Å². The third-order valence-electron chi connectivity index (χ3n) is 4.47. The van der Waals surface area contributed by atoms with Crippen LogP contribution in [0.1, 0.15) is 11.1 Å². The zero-order valence-corrected chi connectivity index (χ0v) is 19.7. The molecule has 0 aliphatic carbocycles. The number of hydrogen-bond donors (Lipinski definition) is 2. The number of benzene rings is 3. The fourth-order valence-corrected chi connectivity index (χ4v) is 4.31. The lowest BCUT2D eigenvalue weighted by molar-refractivity contribution is -0.137. The van der Waals surface area contributed by atoms with Gasteiger partial charge >= 0.3 is 6.18 Å². The molecule has 34 heavy (non-hydrogen) atoms. The Labute approximate surface area is 203 Å². The van der Waals surface area contributed by atoms with Gasteiger partial charge in [-0.25, -0.2) is 8.42 Å². The highest BCUT2D eigenvalue weighted by atomic mass is 35.5. The van der Waals surface area contributed by atoms with Gasteiger partial charge in [0.15, 0.2) is 6.61 Å². The van der Waals surface area contributed by atoms with Gasteiger partial charge in [0.05, 0.1) is 16.1 Å². The summed E-state index contributed by atoms with van der Waals surface area (Å²) in [6.07, 6.45) is -4.72. The molecule has 180 valence electrons. The van der Waals surface area contributed by atoms with Crippen molar-refractivity contribution in [2.75, 3.05) is 16.6 Å². The molecular weight excluding hydrogens is 516 g/mol. The van der Waals surface area contributed by atoms with Gasteiger partial charge in [0.1, 0.15) is 5.75 Å². The number of aryl methyl sites for hydroxylation is 1.